The number of hydrogen-bond acceptors (Lipinski definition) is 3. The second kappa shape index (κ2) is 2.69. The van der Waals surface area contributed by atoms with Gasteiger partial charge >= 0.3 is 0 Å². The van der Waals surface area contributed by atoms with Crippen molar-refractivity contribution in [3.05, 3.63) is 0 Å². The van der Waals surface area contributed by atoms with Gasteiger partial charge in [0.05, 0.1) is 13.2 Å². The zero-order valence-corrected chi connectivity index (χ0v) is 7.33. The van der Waals surface area contributed by atoms with Crippen LogP contribution in [0.1, 0.15) is 0 Å². The van der Waals surface area contributed by atoms with Crippen molar-refractivity contribution in [1.29, 1.82) is 0 Å². The minimum absolute atomic E-state index is 0.912. The van der Waals surface area contributed by atoms with Gasteiger partial charge in [-0.15, -0.1) is 0 Å². The van der Waals surface area contributed by atoms with Crippen molar-refractivity contribution in [2.45, 2.75) is 6.04 Å². The van der Waals surface area contributed by atoms with E-state index in [4.69, 9.17) is 4.74 Å². The van der Waals surface area contributed by atoms with Gasteiger partial charge in [0.2, 0.25) is 0 Å². The smallest absolute Gasteiger partial charge is 0.0594 e. The summed E-state index contributed by atoms with van der Waals surface area (Å²) in [7, 11) is 0. The number of hydrogen-bond donors (Lipinski definition) is 1. The third-order valence-corrected chi connectivity index (χ3v) is 3.51. The Kier molecular flexibility index (Phi) is 1.63. The van der Waals surface area contributed by atoms with Gasteiger partial charge in [0.1, 0.15) is 0 Å². The molecule has 0 spiro atoms. The first-order valence-corrected chi connectivity index (χ1v) is 4.99. The molecule has 3 heteroatoms. The van der Waals surface area contributed by atoms with Crippen molar-refractivity contribution in [3.8, 4) is 0 Å². The maximum atomic E-state index is 5.34. The molecule has 1 unspecified atom stereocenters. The van der Waals surface area contributed by atoms with Gasteiger partial charge in [0, 0.05) is 19.1 Å². The average molecular weight is 168 g/mol. The summed E-state index contributed by atoms with van der Waals surface area (Å²) in [5.41, 5.74) is 0. The lowest BCUT2D eigenvalue weighted by Gasteiger charge is -2.28. The Morgan fingerprint density at radius 2 is 1.75 bits per heavy atom. The van der Waals surface area contributed by atoms with Gasteiger partial charge in [-0.2, -0.15) is 0 Å². The number of morpholine rings is 1. The Balaban J connectivity index is 1.60. The molecule has 3 atom stereocenters. The topological polar surface area (TPSA) is 24.5 Å². The first-order valence-electron chi connectivity index (χ1n) is 4.99. The number of fused-ring (bicyclic) bond motifs is 1. The minimum Gasteiger partial charge on any atom is -0.379 e. The standard InChI is InChI=1S/C9H16N2O/c1-3-12-4-2-11(1)9-7-5-10-6-8(7)9/h7-10H,1-6H2/t7-,8+,9?. The van der Waals surface area contributed by atoms with E-state index in [2.05, 4.69) is 10.2 Å². The molecule has 3 fully saturated rings. The van der Waals surface area contributed by atoms with Crippen LogP contribution in [0.25, 0.3) is 0 Å². The molecule has 0 bridgehead atoms. The first kappa shape index (κ1) is 7.30. The highest BCUT2D eigenvalue weighted by molar-refractivity contribution is 5.10. The molecule has 1 N–H and O–H groups in total. The fourth-order valence-corrected chi connectivity index (χ4v) is 2.80. The van der Waals surface area contributed by atoms with E-state index in [0.29, 0.717) is 0 Å². The highest BCUT2D eigenvalue weighted by Crippen LogP contribution is 2.45. The van der Waals surface area contributed by atoms with E-state index in [-0.39, 0.29) is 0 Å². The Hall–Kier alpha value is -0.120. The molecule has 0 aromatic carbocycles. The Bertz CT molecular complexity index is 169. The maximum absolute atomic E-state index is 5.34. The quantitative estimate of drug-likeness (QED) is 0.573. The highest BCUT2D eigenvalue weighted by atomic mass is 16.5. The normalized spacial score (nSPS) is 47.5. The monoisotopic (exact) mass is 168 g/mol. The van der Waals surface area contributed by atoms with E-state index in [1.807, 2.05) is 0 Å². The Morgan fingerprint density at radius 3 is 2.42 bits per heavy atom. The number of nitrogens with one attached hydrogen (secondary N) is 1. The fraction of sp³-hybridized carbons (Fsp3) is 1.00. The van der Waals surface area contributed by atoms with Gasteiger partial charge < -0.3 is 10.1 Å². The lowest BCUT2D eigenvalue weighted by atomic mass is 10.3. The van der Waals surface area contributed by atoms with Crippen molar-refractivity contribution < 1.29 is 4.74 Å². The van der Waals surface area contributed by atoms with E-state index >= 15 is 0 Å². The molecule has 3 aliphatic rings. The molecule has 0 amide bonds. The van der Waals surface area contributed by atoms with Crippen LogP contribution in [0.2, 0.25) is 0 Å². The number of nitrogens with zero attached hydrogens (tertiary/aromatic N) is 1. The molecule has 12 heavy (non-hydrogen) atoms. The predicted molar refractivity (Wildman–Crippen MR) is 46.0 cm³/mol. The molecule has 1 saturated carbocycles. The summed E-state index contributed by atoms with van der Waals surface area (Å²) in [6.45, 7) is 6.74. The lowest BCUT2D eigenvalue weighted by molar-refractivity contribution is 0.0288. The van der Waals surface area contributed by atoms with E-state index in [1.54, 1.807) is 0 Å². The van der Waals surface area contributed by atoms with Gasteiger partial charge in [-0.25, -0.2) is 0 Å². The fourth-order valence-electron chi connectivity index (χ4n) is 2.80. The van der Waals surface area contributed by atoms with Crippen molar-refractivity contribution in [3.63, 3.8) is 0 Å². The van der Waals surface area contributed by atoms with Crippen LogP contribution in [-0.4, -0.2) is 50.3 Å². The van der Waals surface area contributed by atoms with Crippen molar-refractivity contribution in [2.24, 2.45) is 11.8 Å². The van der Waals surface area contributed by atoms with Crippen LogP contribution in [0.15, 0.2) is 0 Å². The summed E-state index contributed by atoms with van der Waals surface area (Å²) in [4.78, 5) is 2.62. The largest absolute Gasteiger partial charge is 0.379 e. The molecule has 3 nitrogen and oxygen atoms in total. The molecule has 68 valence electrons. The van der Waals surface area contributed by atoms with Gasteiger partial charge in [0.15, 0.2) is 0 Å². The van der Waals surface area contributed by atoms with Gasteiger partial charge in [0.25, 0.3) is 0 Å². The van der Waals surface area contributed by atoms with Crippen LogP contribution in [0.3, 0.4) is 0 Å². The maximum Gasteiger partial charge on any atom is 0.0594 e. The van der Waals surface area contributed by atoms with Crippen LogP contribution in [0, 0.1) is 11.8 Å². The van der Waals surface area contributed by atoms with Crippen LogP contribution < -0.4 is 5.32 Å². The van der Waals surface area contributed by atoms with Gasteiger partial charge in [-0.1, -0.05) is 0 Å². The molecule has 2 aliphatic heterocycles. The summed E-state index contributed by atoms with van der Waals surface area (Å²) in [5, 5.41) is 3.43. The zero-order chi connectivity index (χ0) is 7.97. The van der Waals surface area contributed by atoms with Crippen molar-refractivity contribution in [2.75, 3.05) is 39.4 Å². The van der Waals surface area contributed by atoms with Gasteiger partial charge in [-0.05, 0) is 24.9 Å². The molecular formula is C9H16N2O. The molecule has 2 saturated heterocycles. The van der Waals surface area contributed by atoms with E-state index in [1.165, 1.54) is 13.1 Å². The third kappa shape index (κ3) is 1.00. The molecule has 3 rings (SSSR count). The SMILES string of the molecule is C1CN(C2[C@H]3CNC[C@@H]23)CCO1. The zero-order valence-electron chi connectivity index (χ0n) is 7.33. The molecule has 1 aliphatic carbocycles. The summed E-state index contributed by atoms with van der Waals surface area (Å²) in [5.74, 6) is 1.95. The lowest BCUT2D eigenvalue weighted by Crippen LogP contribution is -2.41. The Morgan fingerprint density at radius 1 is 1.08 bits per heavy atom. The molecule has 2 heterocycles. The van der Waals surface area contributed by atoms with Crippen molar-refractivity contribution in [1.82, 2.24) is 10.2 Å². The second-order valence-electron chi connectivity index (χ2n) is 4.12. The van der Waals surface area contributed by atoms with Crippen LogP contribution in [-0.2, 0) is 4.74 Å². The third-order valence-electron chi connectivity index (χ3n) is 3.51. The second-order valence-corrected chi connectivity index (χ2v) is 4.12. The van der Waals surface area contributed by atoms with E-state index < -0.39 is 0 Å². The predicted octanol–water partition coefficient (Wildman–Crippen LogP) is -0.464. The molecule has 0 aromatic rings. The van der Waals surface area contributed by atoms with Crippen LogP contribution >= 0.6 is 0 Å². The molecule has 0 radical (unpaired) electrons. The summed E-state index contributed by atoms with van der Waals surface area (Å²) in [6, 6.07) is 0.912. The number of rotatable bonds is 1. The van der Waals surface area contributed by atoms with Crippen LogP contribution in [0.5, 0.6) is 0 Å². The van der Waals surface area contributed by atoms with Crippen LogP contribution in [0.4, 0.5) is 0 Å². The first-order chi connectivity index (χ1) is 5.97. The number of ether oxygens (including phenoxy) is 1. The Labute approximate surface area is 73.1 Å². The summed E-state index contributed by atoms with van der Waals surface area (Å²) < 4.78 is 5.34. The summed E-state index contributed by atoms with van der Waals surface area (Å²) in [6.07, 6.45) is 0. The van der Waals surface area contributed by atoms with E-state index in [9.17, 15) is 0 Å². The molecular weight excluding hydrogens is 152 g/mol. The highest BCUT2D eigenvalue weighted by Gasteiger charge is 2.55. The number of piperidine rings is 1. The average Bonchev–Trinajstić information content (AvgIpc) is 2.62. The molecule has 0 aromatic heterocycles. The minimum atomic E-state index is 0.912. The van der Waals surface area contributed by atoms with Crippen molar-refractivity contribution >= 4 is 0 Å². The van der Waals surface area contributed by atoms with E-state index in [0.717, 1.165) is 44.2 Å². The summed E-state index contributed by atoms with van der Waals surface area (Å²) >= 11 is 0. The van der Waals surface area contributed by atoms with Gasteiger partial charge in [-0.3, -0.25) is 4.90 Å².